The summed E-state index contributed by atoms with van der Waals surface area (Å²) in [6.45, 7) is 0. The van der Waals surface area contributed by atoms with E-state index in [-0.39, 0.29) is 5.78 Å². The van der Waals surface area contributed by atoms with Gasteiger partial charge in [0.2, 0.25) is 5.67 Å². The number of carbonyl (C=O) groups is 2. The topological polar surface area (TPSA) is 54.4 Å². The molecular weight excluding hydrogens is 127 g/mol. The largest absolute Gasteiger partial charge is 0.479 e. The van der Waals surface area contributed by atoms with Gasteiger partial charge in [-0.15, -0.1) is 0 Å². The number of alkyl halides is 1. The summed E-state index contributed by atoms with van der Waals surface area (Å²) in [5, 5.41) is 8.08. The second-order valence-corrected chi connectivity index (χ2v) is 2.16. The van der Waals surface area contributed by atoms with Gasteiger partial charge in [-0.25, -0.2) is 9.18 Å². The summed E-state index contributed by atoms with van der Waals surface area (Å²) in [5.74, 6) is -1.85. The molecule has 1 fully saturated rings. The molecule has 0 unspecified atom stereocenters. The second kappa shape index (κ2) is 1.52. The number of hydrogen-bond acceptors (Lipinski definition) is 2. The highest BCUT2D eigenvalue weighted by Crippen LogP contribution is 2.32. The van der Waals surface area contributed by atoms with Crippen LogP contribution in [0, 0.1) is 0 Å². The third kappa shape index (κ3) is 0.800. The molecule has 0 aromatic carbocycles. The first-order chi connectivity index (χ1) is 4.04. The molecule has 1 aliphatic carbocycles. The molecule has 1 N–H and O–H groups in total. The van der Waals surface area contributed by atoms with Gasteiger partial charge in [-0.1, -0.05) is 0 Å². The molecule has 0 amide bonds. The molecule has 50 valence electrons. The number of rotatable bonds is 1. The van der Waals surface area contributed by atoms with Gasteiger partial charge in [0.15, 0.2) is 0 Å². The SMILES string of the molecule is O=C1CC(F)(C(=O)O)C1. The van der Waals surface area contributed by atoms with Gasteiger partial charge in [-0.05, 0) is 0 Å². The number of carboxylic acid groups (broad SMARTS) is 1. The van der Waals surface area contributed by atoms with Crippen LogP contribution in [0.2, 0.25) is 0 Å². The lowest BCUT2D eigenvalue weighted by atomic mass is 9.81. The molecule has 0 atom stereocenters. The Labute approximate surface area is 50.5 Å². The average molecular weight is 132 g/mol. The monoisotopic (exact) mass is 132 g/mol. The lowest BCUT2D eigenvalue weighted by Gasteiger charge is -2.26. The Morgan fingerprint density at radius 1 is 1.67 bits per heavy atom. The molecule has 4 heteroatoms. The minimum absolute atomic E-state index is 0.320. The van der Waals surface area contributed by atoms with Gasteiger partial charge in [0, 0.05) is 0 Å². The summed E-state index contributed by atoms with van der Waals surface area (Å²) < 4.78 is 12.5. The lowest BCUT2D eigenvalue weighted by molar-refractivity contribution is -0.162. The van der Waals surface area contributed by atoms with Crippen molar-refractivity contribution in [2.75, 3.05) is 0 Å². The molecule has 0 spiro atoms. The minimum atomic E-state index is -2.24. The Balaban J connectivity index is 2.60. The number of Topliss-reactive ketones (excluding diaryl/α,β-unsaturated/α-hetero) is 1. The molecule has 0 aromatic rings. The van der Waals surface area contributed by atoms with Crippen LogP contribution in [0.1, 0.15) is 12.8 Å². The second-order valence-electron chi connectivity index (χ2n) is 2.16. The standard InChI is InChI=1S/C5H5FO3/c6-5(4(8)9)1-3(7)2-5/h1-2H2,(H,8,9). The first-order valence-corrected chi connectivity index (χ1v) is 2.49. The summed E-state index contributed by atoms with van der Waals surface area (Å²) in [6.07, 6.45) is -0.912. The number of carboxylic acids is 1. The molecule has 9 heavy (non-hydrogen) atoms. The van der Waals surface area contributed by atoms with Crippen molar-refractivity contribution in [1.29, 1.82) is 0 Å². The number of ketones is 1. The van der Waals surface area contributed by atoms with E-state index < -0.39 is 24.5 Å². The van der Waals surface area contributed by atoms with E-state index in [1.165, 1.54) is 0 Å². The van der Waals surface area contributed by atoms with E-state index in [4.69, 9.17) is 5.11 Å². The lowest BCUT2D eigenvalue weighted by Crippen LogP contribution is -2.46. The van der Waals surface area contributed by atoms with Crippen LogP contribution in [0.4, 0.5) is 4.39 Å². The van der Waals surface area contributed by atoms with Gasteiger partial charge in [-0.3, -0.25) is 4.79 Å². The highest BCUT2D eigenvalue weighted by atomic mass is 19.1. The summed E-state index contributed by atoms with van der Waals surface area (Å²) >= 11 is 0. The van der Waals surface area contributed by atoms with Crippen LogP contribution in [-0.4, -0.2) is 22.5 Å². The molecule has 1 rings (SSSR count). The maximum atomic E-state index is 12.5. The Morgan fingerprint density at radius 3 is 2.22 bits per heavy atom. The van der Waals surface area contributed by atoms with E-state index in [2.05, 4.69) is 0 Å². The molecule has 1 saturated carbocycles. The van der Waals surface area contributed by atoms with Crippen molar-refractivity contribution < 1.29 is 19.1 Å². The number of halogens is 1. The Morgan fingerprint density at radius 2 is 2.11 bits per heavy atom. The summed E-state index contributed by atoms with van der Waals surface area (Å²) in [6, 6.07) is 0. The Bertz CT molecular complexity index is 167. The van der Waals surface area contributed by atoms with Crippen molar-refractivity contribution in [2.24, 2.45) is 0 Å². The van der Waals surface area contributed by atoms with E-state index in [1.54, 1.807) is 0 Å². The fourth-order valence-electron chi connectivity index (χ4n) is 0.725. The Kier molecular flexibility index (Phi) is 1.05. The van der Waals surface area contributed by atoms with Gasteiger partial charge in [-0.2, -0.15) is 0 Å². The minimum Gasteiger partial charge on any atom is -0.479 e. The van der Waals surface area contributed by atoms with Gasteiger partial charge >= 0.3 is 5.97 Å². The van der Waals surface area contributed by atoms with Gasteiger partial charge in [0.25, 0.3) is 0 Å². The smallest absolute Gasteiger partial charge is 0.342 e. The van der Waals surface area contributed by atoms with Crippen LogP contribution in [0.5, 0.6) is 0 Å². The zero-order valence-electron chi connectivity index (χ0n) is 4.56. The first kappa shape index (κ1) is 6.19. The van der Waals surface area contributed by atoms with Gasteiger partial charge < -0.3 is 5.11 Å². The van der Waals surface area contributed by atoms with Crippen LogP contribution in [-0.2, 0) is 9.59 Å². The van der Waals surface area contributed by atoms with Gasteiger partial charge in [0.1, 0.15) is 5.78 Å². The molecule has 0 heterocycles. The fourth-order valence-corrected chi connectivity index (χ4v) is 0.725. The third-order valence-electron chi connectivity index (χ3n) is 1.34. The third-order valence-corrected chi connectivity index (χ3v) is 1.34. The first-order valence-electron chi connectivity index (χ1n) is 2.49. The maximum absolute atomic E-state index is 12.5. The van der Waals surface area contributed by atoms with Crippen molar-refractivity contribution in [2.45, 2.75) is 18.5 Å². The number of carbonyl (C=O) groups excluding carboxylic acids is 1. The van der Waals surface area contributed by atoms with Crippen molar-refractivity contribution in [3.8, 4) is 0 Å². The van der Waals surface area contributed by atoms with Crippen molar-refractivity contribution in [3.63, 3.8) is 0 Å². The molecule has 0 radical (unpaired) electrons. The molecule has 0 bridgehead atoms. The molecule has 1 aliphatic rings. The van der Waals surface area contributed by atoms with Crippen LogP contribution < -0.4 is 0 Å². The van der Waals surface area contributed by atoms with E-state index in [9.17, 15) is 14.0 Å². The molecule has 3 nitrogen and oxygen atoms in total. The van der Waals surface area contributed by atoms with Crippen molar-refractivity contribution in [1.82, 2.24) is 0 Å². The number of aliphatic carboxylic acids is 1. The highest BCUT2D eigenvalue weighted by Gasteiger charge is 2.50. The fraction of sp³-hybridized carbons (Fsp3) is 0.600. The molecular formula is C5H5FO3. The van der Waals surface area contributed by atoms with Gasteiger partial charge in [0.05, 0.1) is 12.8 Å². The zero-order chi connectivity index (χ0) is 7.07. The molecule has 0 aliphatic heterocycles. The van der Waals surface area contributed by atoms with E-state index in [0.29, 0.717) is 0 Å². The van der Waals surface area contributed by atoms with Crippen molar-refractivity contribution in [3.05, 3.63) is 0 Å². The molecule has 0 saturated heterocycles. The van der Waals surface area contributed by atoms with Crippen LogP contribution in [0.3, 0.4) is 0 Å². The Hall–Kier alpha value is -0.930. The quantitative estimate of drug-likeness (QED) is 0.552. The predicted molar refractivity (Wildman–Crippen MR) is 25.7 cm³/mol. The maximum Gasteiger partial charge on any atom is 0.342 e. The van der Waals surface area contributed by atoms with E-state index in [0.717, 1.165) is 0 Å². The van der Waals surface area contributed by atoms with Crippen molar-refractivity contribution >= 4 is 11.8 Å². The zero-order valence-corrected chi connectivity index (χ0v) is 4.56. The molecule has 0 aromatic heterocycles. The highest BCUT2D eigenvalue weighted by molar-refractivity contribution is 5.99. The van der Waals surface area contributed by atoms with E-state index >= 15 is 0 Å². The van der Waals surface area contributed by atoms with Crippen LogP contribution in [0.15, 0.2) is 0 Å². The van der Waals surface area contributed by atoms with Crippen LogP contribution >= 0.6 is 0 Å². The summed E-state index contributed by atoms with van der Waals surface area (Å²) in [4.78, 5) is 20.0. The summed E-state index contributed by atoms with van der Waals surface area (Å²) in [5.41, 5.74) is -2.24. The van der Waals surface area contributed by atoms with Crippen LogP contribution in [0.25, 0.3) is 0 Å². The normalized spacial score (nSPS) is 23.0. The number of hydrogen-bond donors (Lipinski definition) is 1. The average Bonchev–Trinajstić information content (AvgIpc) is 1.62. The summed E-state index contributed by atoms with van der Waals surface area (Å²) in [7, 11) is 0. The van der Waals surface area contributed by atoms with E-state index in [1.807, 2.05) is 0 Å². The predicted octanol–water partition coefficient (Wildman–Crippen LogP) is 0.142.